The molecule has 3 rings (SSSR count). The highest BCUT2D eigenvalue weighted by atomic mass is 35.5. The standard InChI is InChI=1S/C22H23ClN2O3S/c1-14-3-6-17(21(26)24-10-9-16-4-7-18(23)8-5-16)13-19(14)25-22(27)20-15(2)28-11-12-29-20/h3-8,13H,9-12H2,1-2H3,(H,24,26)(H,25,27). The number of thioether (sulfide) groups is 1. The summed E-state index contributed by atoms with van der Waals surface area (Å²) in [7, 11) is 0. The molecule has 0 saturated carbocycles. The average molecular weight is 431 g/mol. The molecule has 0 spiro atoms. The van der Waals surface area contributed by atoms with Crippen molar-refractivity contribution in [2.24, 2.45) is 0 Å². The minimum Gasteiger partial charge on any atom is -0.496 e. The van der Waals surface area contributed by atoms with E-state index >= 15 is 0 Å². The summed E-state index contributed by atoms with van der Waals surface area (Å²) in [5.74, 6) is 0.984. The second-order valence-electron chi connectivity index (χ2n) is 6.70. The molecule has 7 heteroatoms. The lowest BCUT2D eigenvalue weighted by atomic mass is 10.1. The molecule has 0 atom stereocenters. The van der Waals surface area contributed by atoms with Gasteiger partial charge in [-0.05, 0) is 55.7 Å². The fraction of sp³-hybridized carbons (Fsp3) is 0.273. The first-order valence-corrected chi connectivity index (χ1v) is 10.7. The third-order valence-corrected chi connectivity index (χ3v) is 5.92. The third kappa shape index (κ3) is 5.78. The molecule has 152 valence electrons. The monoisotopic (exact) mass is 430 g/mol. The highest BCUT2D eigenvalue weighted by Crippen LogP contribution is 2.27. The fourth-order valence-electron chi connectivity index (χ4n) is 2.88. The Morgan fingerprint density at radius 2 is 1.86 bits per heavy atom. The highest BCUT2D eigenvalue weighted by molar-refractivity contribution is 8.04. The van der Waals surface area contributed by atoms with Gasteiger partial charge in [-0.15, -0.1) is 11.8 Å². The maximum Gasteiger partial charge on any atom is 0.265 e. The van der Waals surface area contributed by atoms with Crippen LogP contribution >= 0.6 is 23.4 Å². The number of carbonyl (C=O) groups excluding carboxylic acids is 2. The SMILES string of the molecule is CC1=C(C(=O)Nc2cc(C(=O)NCCc3ccc(Cl)cc3)ccc2C)SCCO1. The van der Waals surface area contributed by atoms with Crippen molar-refractivity contribution >= 4 is 40.9 Å². The lowest BCUT2D eigenvalue weighted by molar-refractivity contribution is -0.112. The minimum atomic E-state index is -0.212. The number of benzene rings is 2. The zero-order chi connectivity index (χ0) is 20.8. The van der Waals surface area contributed by atoms with Gasteiger partial charge in [-0.25, -0.2) is 0 Å². The maximum atomic E-state index is 12.6. The number of amides is 2. The molecular weight excluding hydrogens is 408 g/mol. The van der Waals surface area contributed by atoms with E-state index in [4.69, 9.17) is 16.3 Å². The number of hydrogen-bond acceptors (Lipinski definition) is 4. The molecule has 0 bridgehead atoms. The Balaban J connectivity index is 1.62. The van der Waals surface area contributed by atoms with E-state index in [1.54, 1.807) is 19.1 Å². The molecule has 2 aromatic rings. The van der Waals surface area contributed by atoms with Crippen molar-refractivity contribution in [2.75, 3.05) is 24.2 Å². The van der Waals surface area contributed by atoms with Crippen molar-refractivity contribution in [1.82, 2.24) is 5.32 Å². The molecular formula is C22H23ClN2O3S. The van der Waals surface area contributed by atoms with Gasteiger partial charge >= 0.3 is 0 Å². The summed E-state index contributed by atoms with van der Waals surface area (Å²) in [6.45, 7) is 4.80. The van der Waals surface area contributed by atoms with Crippen molar-refractivity contribution in [3.05, 3.63) is 74.8 Å². The summed E-state index contributed by atoms with van der Waals surface area (Å²) in [5, 5.41) is 6.51. The number of ether oxygens (including phenoxy) is 1. The zero-order valence-electron chi connectivity index (χ0n) is 16.4. The van der Waals surface area contributed by atoms with Gasteiger partial charge in [0.1, 0.15) is 10.7 Å². The van der Waals surface area contributed by atoms with Gasteiger partial charge in [0.2, 0.25) is 0 Å². The molecule has 1 aliphatic heterocycles. The summed E-state index contributed by atoms with van der Waals surface area (Å²) in [4.78, 5) is 25.7. The molecule has 0 aliphatic carbocycles. The fourth-order valence-corrected chi connectivity index (χ4v) is 3.82. The van der Waals surface area contributed by atoms with Crippen LogP contribution in [0.4, 0.5) is 5.69 Å². The largest absolute Gasteiger partial charge is 0.496 e. The summed E-state index contributed by atoms with van der Waals surface area (Å²) in [6.07, 6.45) is 0.711. The predicted molar refractivity (Wildman–Crippen MR) is 118 cm³/mol. The van der Waals surface area contributed by atoms with Gasteiger partial charge in [-0.3, -0.25) is 9.59 Å². The van der Waals surface area contributed by atoms with Crippen molar-refractivity contribution in [2.45, 2.75) is 20.3 Å². The number of halogens is 1. The van der Waals surface area contributed by atoms with E-state index in [1.165, 1.54) is 11.8 Å². The van der Waals surface area contributed by atoms with Crippen molar-refractivity contribution in [3.63, 3.8) is 0 Å². The van der Waals surface area contributed by atoms with Gasteiger partial charge in [0.15, 0.2) is 0 Å². The number of aryl methyl sites for hydroxylation is 1. The normalized spacial score (nSPS) is 13.6. The van der Waals surface area contributed by atoms with Crippen LogP contribution < -0.4 is 10.6 Å². The zero-order valence-corrected chi connectivity index (χ0v) is 18.0. The van der Waals surface area contributed by atoms with Crippen LogP contribution in [0.1, 0.15) is 28.4 Å². The summed E-state index contributed by atoms with van der Waals surface area (Å²) in [5.41, 5.74) is 3.10. The molecule has 1 aliphatic rings. The van der Waals surface area contributed by atoms with Crippen LogP contribution in [0, 0.1) is 6.92 Å². The minimum absolute atomic E-state index is 0.180. The van der Waals surface area contributed by atoms with Crippen LogP contribution in [-0.2, 0) is 16.0 Å². The Hall–Kier alpha value is -2.44. The maximum absolute atomic E-state index is 12.6. The number of allylic oxidation sites excluding steroid dienone is 1. The molecule has 0 unspecified atom stereocenters. The van der Waals surface area contributed by atoms with Crippen molar-refractivity contribution in [1.29, 1.82) is 0 Å². The van der Waals surface area contributed by atoms with Gasteiger partial charge in [0, 0.05) is 28.6 Å². The molecule has 2 N–H and O–H groups in total. The summed E-state index contributed by atoms with van der Waals surface area (Å²) < 4.78 is 5.46. The van der Waals surface area contributed by atoms with E-state index in [0.29, 0.717) is 46.5 Å². The number of carbonyl (C=O) groups is 2. The van der Waals surface area contributed by atoms with E-state index in [-0.39, 0.29) is 11.8 Å². The Kier molecular flexibility index (Phi) is 7.23. The number of rotatable bonds is 6. The van der Waals surface area contributed by atoms with Gasteiger partial charge in [0.05, 0.1) is 6.61 Å². The molecule has 0 aromatic heterocycles. The smallest absolute Gasteiger partial charge is 0.265 e. The number of nitrogens with one attached hydrogen (secondary N) is 2. The van der Waals surface area contributed by atoms with Gasteiger partial charge in [0.25, 0.3) is 11.8 Å². The Bertz CT molecular complexity index is 942. The topological polar surface area (TPSA) is 67.4 Å². The van der Waals surface area contributed by atoms with Crippen LogP contribution in [0.15, 0.2) is 53.1 Å². The van der Waals surface area contributed by atoms with E-state index < -0.39 is 0 Å². The molecule has 0 fully saturated rings. The molecule has 2 amide bonds. The second kappa shape index (κ2) is 9.85. The number of anilines is 1. The lowest BCUT2D eigenvalue weighted by Gasteiger charge is -2.18. The van der Waals surface area contributed by atoms with Crippen molar-refractivity contribution in [3.8, 4) is 0 Å². The second-order valence-corrected chi connectivity index (χ2v) is 8.24. The summed E-state index contributed by atoms with van der Waals surface area (Å²) >= 11 is 7.37. The summed E-state index contributed by atoms with van der Waals surface area (Å²) in [6, 6.07) is 12.8. The van der Waals surface area contributed by atoms with Crippen LogP contribution in [0.25, 0.3) is 0 Å². The Morgan fingerprint density at radius 3 is 2.59 bits per heavy atom. The Morgan fingerprint density at radius 1 is 1.10 bits per heavy atom. The first-order valence-electron chi connectivity index (χ1n) is 9.35. The van der Waals surface area contributed by atoms with Crippen LogP contribution in [0.3, 0.4) is 0 Å². The van der Waals surface area contributed by atoms with Gasteiger partial charge in [-0.1, -0.05) is 29.8 Å². The van der Waals surface area contributed by atoms with Crippen molar-refractivity contribution < 1.29 is 14.3 Å². The molecule has 2 aromatic carbocycles. The van der Waals surface area contributed by atoms with E-state index in [2.05, 4.69) is 10.6 Å². The molecule has 29 heavy (non-hydrogen) atoms. The van der Waals surface area contributed by atoms with E-state index in [0.717, 1.165) is 16.9 Å². The van der Waals surface area contributed by atoms with Gasteiger partial charge in [-0.2, -0.15) is 0 Å². The van der Waals surface area contributed by atoms with E-state index in [9.17, 15) is 9.59 Å². The molecule has 0 radical (unpaired) electrons. The van der Waals surface area contributed by atoms with Crippen LogP contribution in [-0.4, -0.2) is 30.7 Å². The first-order chi connectivity index (χ1) is 13.9. The lowest BCUT2D eigenvalue weighted by Crippen LogP contribution is -2.26. The molecule has 5 nitrogen and oxygen atoms in total. The highest BCUT2D eigenvalue weighted by Gasteiger charge is 2.20. The van der Waals surface area contributed by atoms with Gasteiger partial charge < -0.3 is 15.4 Å². The van der Waals surface area contributed by atoms with E-state index in [1.807, 2.05) is 37.3 Å². The predicted octanol–water partition coefficient (Wildman–Crippen LogP) is 4.55. The van der Waals surface area contributed by atoms with Crippen LogP contribution in [0.5, 0.6) is 0 Å². The average Bonchev–Trinajstić information content (AvgIpc) is 2.71. The first kappa shape index (κ1) is 21.3. The quantitative estimate of drug-likeness (QED) is 0.705. The number of hydrogen-bond donors (Lipinski definition) is 2. The molecule has 0 saturated heterocycles. The Labute approximate surface area is 179 Å². The van der Waals surface area contributed by atoms with Crippen LogP contribution in [0.2, 0.25) is 5.02 Å². The third-order valence-electron chi connectivity index (χ3n) is 4.53. The molecule has 1 heterocycles.